The predicted molar refractivity (Wildman–Crippen MR) is 98.6 cm³/mol. The summed E-state index contributed by atoms with van der Waals surface area (Å²) >= 11 is 1.70. The monoisotopic (exact) mass is 360 g/mol. The molecule has 0 unspecified atom stereocenters. The number of carbonyl (C=O) groups is 1. The Balaban J connectivity index is 1.46. The molecule has 2 aromatic rings. The fourth-order valence-electron chi connectivity index (χ4n) is 2.86. The van der Waals surface area contributed by atoms with Gasteiger partial charge in [-0.2, -0.15) is 0 Å². The van der Waals surface area contributed by atoms with Gasteiger partial charge < -0.3 is 14.5 Å². The van der Waals surface area contributed by atoms with Crippen molar-refractivity contribution in [1.82, 2.24) is 10.2 Å². The minimum Gasteiger partial charge on any atom is -0.468 e. The molecule has 1 aliphatic heterocycles. The van der Waals surface area contributed by atoms with Crippen LogP contribution in [0.4, 0.5) is 0 Å². The van der Waals surface area contributed by atoms with E-state index in [9.17, 15) is 4.79 Å². The third-order valence-corrected chi connectivity index (χ3v) is 5.21. The molecule has 134 valence electrons. The van der Waals surface area contributed by atoms with E-state index in [2.05, 4.69) is 22.3 Å². The average Bonchev–Trinajstić information content (AvgIpc) is 3.18. The highest BCUT2D eigenvalue weighted by molar-refractivity contribution is 7.99. The topological polar surface area (TPSA) is 54.7 Å². The molecule has 0 bridgehead atoms. The third-order valence-electron chi connectivity index (χ3n) is 4.19. The van der Waals surface area contributed by atoms with Crippen LogP contribution in [-0.2, 0) is 9.53 Å². The van der Waals surface area contributed by atoms with E-state index in [0.29, 0.717) is 13.0 Å². The fraction of sp³-hybridized carbons (Fsp3) is 0.421. The van der Waals surface area contributed by atoms with E-state index >= 15 is 0 Å². The van der Waals surface area contributed by atoms with Crippen LogP contribution in [0.3, 0.4) is 0 Å². The van der Waals surface area contributed by atoms with Crippen molar-refractivity contribution in [3.8, 4) is 0 Å². The van der Waals surface area contributed by atoms with Crippen LogP contribution in [0.1, 0.15) is 18.2 Å². The Morgan fingerprint density at radius 2 is 1.96 bits per heavy atom. The second-order valence-electron chi connectivity index (χ2n) is 5.90. The van der Waals surface area contributed by atoms with E-state index < -0.39 is 0 Å². The maximum atomic E-state index is 12.2. The summed E-state index contributed by atoms with van der Waals surface area (Å²) in [5.74, 6) is 1.74. The molecule has 2 heterocycles. The van der Waals surface area contributed by atoms with Crippen molar-refractivity contribution in [1.29, 1.82) is 0 Å². The molecule has 3 rings (SSSR count). The predicted octanol–water partition coefficient (Wildman–Crippen LogP) is 2.95. The summed E-state index contributed by atoms with van der Waals surface area (Å²) in [6, 6.07) is 14.1. The lowest BCUT2D eigenvalue weighted by Gasteiger charge is -2.33. The first-order valence-electron chi connectivity index (χ1n) is 8.62. The number of furan rings is 1. The molecule has 1 N–H and O–H groups in total. The zero-order valence-electron chi connectivity index (χ0n) is 14.2. The first kappa shape index (κ1) is 18.0. The van der Waals surface area contributed by atoms with Gasteiger partial charge in [-0.05, 0) is 24.3 Å². The van der Waals surface area contributed by atoms with Gasteiger partial charge in [0.1, 0.15) is 5.76 Å². The maximum Gasteiger partial charge on any atom is 0.220 e. The van der Waals surface area contributed by atoms with Gasteiger partial charge in [0.25, 0.3) is 0 Å². The second-order valence-corrected chi connectivity index (χ2v) is 7.06. The van der Waals surface area contributed by atoms with Gasteiger partial charge in [-0.25, -0.2) is 0 Å². The van der Waals surface area contributed by atoms with E-state index in [1.807, 2.05) is 30.3 Å². The molecule has 1 aromatic heterocycles. The fourth-order valence-corrected chi connectivity index (χ4v) is 3.73. The number of morpholine rings is 1. The normalized spacial score (nSPS) is 16.5. The number of hydrogen-bond donors (Lipinski definition) is 1. The number of hydrogen-bond acceptors (Lipinski definition) is 5. The zero-order valence-corrected chi connectivity index (χ0v) is 15.0. The van der Waals surface area contributed by atoms with Crippen LogP contribution in [0.2, 0.25) is 0 Å². The summed E-state index contributed by atoms with van der Waals surface area (Å²) in [5, 5.41) is 3.06. The van der Waals surface area contributed by atoms with Crippen LogP contribution in [0, 0.1) is 0 Å². The molecule has 0 saturated carbocycles. The van der Waals surface area contributed by atoms with Crippen molar-refractivity contribution >= 4 is 17.7 Å². The van der Waals surface area contributed by atoms with Crippen LogP contribution in [0.15, 0.2) is 58.0 Å². The minimum atomic E-state index is 0.0598. The molecule has 1 fully saturated rings. The number of nitrogens with zero attached hydrogens (tertiary/aromatic N) is 1. The van der Waals surface area contributed by atoms with E-state index in [-0.39, 0.29) is 11.9 Å². The molecule has 6 heteroatoms. The Morgan fingerprint density at radius 1 is 1.16 bits per heavy atom. The first-order valence-corrected chi connectivity index (χ1v) is 9.61. The molecule has 1 aliphatic rings. The standard InChI is InChI=1S/C19H24N2O3S/c22-19(8-14-25-16-5-2-1-3-6-16)20-15-17(18-7-4-11-24-18)21-9-12-23-13-10-21/h1-7,11,17H,8-10,12-15H2,(H,20,22)/t17-/m0/s1. The SMILES string of the molecule is O=C(CCSc1ccccc1)NC[C@@H](c1ccco1)N1CCOCC1. The van der Waals surface area contributed by atoms with Gasteiger partial charge in [0.15, 0.2) is 0 Å². The Bertz CT molecular complexity index is 627. The number of amides is 1. The smallest absolute Gasteiger partial charge is 0.220 e. The Hall–Kier alpha value is -1.76. The molecule has 1 saturated heterocycles. The van der Waals surface area contributed by atoms with Gasteiger partial charge in [0.05, 0.1) is 25.5 Å². The molecule has 5 nitrogen and oxygen atoms in total. The van der Waals surface area contributed by atoms with Crippen LogP contribution in [0.25, 0.3) is 0 Å². The highest BCUT2D eigenvalue weighted by Crippen LogP contribution is 2.22. The minimum absolute atomic E-state index is 0.0598. The number of benzene rings is 1. The van der Waals surface area contributed by atoms with Crippen molar-refractivity contribution in [2.45, 2.75) is 17.4 Å². The van der Waals surface area contributed by atoms with Crippen LogP contribution >= 0.6 is 11.8 Å². The number of thioether (sulfide) groups is 1. The largest absolute Gasteiger partial charge is 0.468 e. The highest BCUT2D eigenvalue weighted by Gasteiger charge is 2.25. The zero-order chi connectivity index (χ0) is 17.3. The van der Waals surface area contributed by atoms with Crippen molar-refractivity contribution in [3.05, 3.63) is 54.5 Å². The third kappa shape index (κ3) is 5.63. The number of carbonyl (C=O) groups excluding carboxylic acids is 1. The molecule has 1 amide bonds. The first-order chi connectivity index (χ1) is 12.3. The summed E-state index contributed by atoms with van der Waals surface area (Å²) in [6.07, 6.45) is 2.19. The molecule has 0 aliphatic carbocycles. The van der Waals surface area contributed by atoms with E-state index in [4.69, 9.17) is 9.15 Å². The van der Waals surface area contributed by atoms with E-state index in [0.717, 1.165) is 37.8 Å². The van der Waals surface area contributed by atoms with Crippen molar-refractivity contribution in [2.75, 3.05) is 38.6 Å². The van der Waals surface area contributed by atoms with E-state index in [1.54, 1.807) is 18.0 Å². The maximum absolute atomic E-state index is 12.2. The lowest BCUT2D eigenvalue weighted by Crippen LogP contribution is -2.43. The van der Waals surface area contributed by atoms with Crippen LogP contribution in [0.5, 0.6) is 0 Å². The molecule has 0 radical (unpaired) electrons. The quantitative estimate of drug-likeness (QED) is 0.734. The van der Waals surface area contributed by atoms with Gasteiger partial charge in [-0.1, -0.05) is 18.2 Å². The van der Waals surface area contributed by atoms with Gasteiger partial charge in [-0.3, -0.25) is 9.69 Å². The average molecular weight is 360 g/mol. The summed E-state index contributed by atoms with van der Waals surface area (Å²) in [5.41, 5.74) is 0. The lowest BCUT2D eigenvalue weighted by atomic mass is 10.1. The number of nitrogens with one attached hydrogen (secondary N) is 1. The van der Waals surface area contributed by atoms with Gasteiger partial charge in [0, 0.05) is 36.7 Å². The molecule has 1 aromatic carbocycles. The summed E-state index contributed by atoms with van der Waals surface area (Å²) in [4.78, 5) is 15.7. The Labute approximate surface area is 152 Å². The molecular weight excluding hydrogens is 336 g/mol. The van der Waals surface area contributed by atoms with E-state index in [1.165, 1.54) is 4.90 Å². The molecule has 0 spiro atoms. The van der Waals surface area contributed by atoms with Crippen molar-refractivity contribution in [3.63, 3.8) is 0 Å². The van der Waals surface area contributed by atoms with Crippen molar-refractivity contribution < 1.29 is 13.9 Å². The van der Waals surface area contributed by atoms with Gasteiger partial charge in [-0.15, -0.1) is 11.8 Å². The van der Waals surface area contributed by atoms with Gasteiger partial charge in [0.2, 0.25) is 5.91 Å². The number of ether oxygens (including phenoxy) is 1. The Morgan fingerprint density at radius 3 is 2.68 bits per heavy atom. The molecular formula is C19H24N2O3S. The van der Waals surface area contributed by atoms with Crippen LogP contribution < -0.4 is 5.32 Å². The summed E-state index contributed by atoms with van der Waals surface area (Å²) in [6.45, 7) is 3.70. The van der Waals surface area contributed by atoms with Crippen molar-refractivity contribution in [2.24, 2.45) is 0 Å². The second kappa shape index (κ2) is 9.65. The number of rotatable bonds is 8. The highest BCUT2D eigenvalue weighted by atomic mass is 32.2. The lowest BCUT2D eigenvalue weighted by molar-refractivity contribution is -0.121. The van der Waals surface area contributed by atoms with Crippen LogP contribution in [-0.4, -0.2) is 49.4 Å². The summed E-state index contributed by atoms with van der Waals surface area (Å²) < 4.78 is 11.0. The van der Waals surface area contributed by atoms with Gasteiger partial charge >= 0.3 is 0 Å². The molecule has 1 atom stereocenters. The Kier molecular flexibility index (Phi) is 6.97. The molecule has 25 heavy (non-hydrogen) atoms. The summed E-state index contributed by atoms with van der Waals surface area (Å²) in [7, 11) is 0.